The van der Waals surface area contributed by atoms with Crippen LogP contribution in [0.4, 0.5) is 0 Å². The Hall–Kier alpha value is 2.31. The summed E-state index contributed by atoms with van der Waals surface area (Å²) in [6, 6.07) is 0. The molecule has 6 heteroatoms. The van der Waals surface area contributed by atoms with Gasteiger partial charge in [0.15, 0.2) is 2.14 Å². The third-order valence-corrected chi connectivity index (χ3v) is 5.01. The SMILES string of the molecule is ClC(Cl)(Cl)C(Br)(Br)Br. The van der Waals surface area contributed by atoms with Gasteiger partial charge >= 0.3 is 0 Å². The van der Waals surface area contributed by atoms with Crippen molar-refractivity contribution < 1.29 is 0 Å². The second-order valence-electron chi connectivity index (χ2n) is 0.996. The molecule has 0 saturated heterocycles. The maximum absolute atomic E-state index is 5.40. The number of halogens is 6. The molecule has 0 aromatic carbocycles. The molecule has 0 aliphatic heterocycles. The largest absolute Gasteiger partial charge is 0.225 e. The highest BCUT2D eigenvalue weighted by atomic mass is 80.0. The Balaban J connectivity index is 4.02. The molecule has 0 saturated carbocycles. The van der Waals surface area contributed by atoms with E-state index in [1.165, 1.54) is 0 Å². The summed E-state index contributed by atoms with van der Waals surface area (Å²) in [7, 11) is 0. The number of hydrogen-bond donors (Lipinski definition) is 0. The molecule has 0 aliphatic carbocycles. The highest BCUT2D eigenvalue weighted by Gasteiger charge is 2.42. The Kier molecular flexibility index (Phi) is 4.05. The zero-order valence-corrected chi connectivity index (χ0v) is 10.3. The van der Waals surface area contributed by atoms with E-state index in [2.05, 4.69) is 47.8 Å². The zero-order valence-electron chi connectivity index (χ0n) is 3.27. The third-order valence-electron chi connectivity index (χ3n) is 0.321. The van der Waals surface area contributed by atoms with Gasteiger partial charge in [0, 0.05) is 0 Å². The van der Waals surface area contributed by atoms with Gasteiger partial charge in [-0.2, -0.15) is 0 Å². The zero-order chi connectivity index (χ0) is 7.00. The second-order valence-corrected chi connectivity index (χ2v) is 10.0. The predicted octanol–water partition coefficient (Wildman–Crippen LogP) is 4.20. The molecule has 0 aromatic heterocycles. The fourth-order valence-electron chi connectivity index (χ4n) is 0. The summed E-state index contributed by atoms with van der Waals surface area (Å²) in [6.45, 7) is 0. The van der Waals surface area contributed by atoms with Gasteiger partial charge in [0.2, 0.25) is 3.79 Å². The van der Waals surface area contributed by atoms with Gasteiger partial charge in [0.1, 0.15) is 0 Å². The lowest BCUT2D eigenvalue weighted by molar-refractivity contribution is 1.21. The summed E-state index contributed by atoms with van der Waals surface area (Å²) in [6.07, 6.45) is 0. The number of hydrogen-bond acceptors (Lipinski definition) is 0. The van der Waals surface area contributed by atoms with Crippen LogP contribution in [-0.2, 0) is 0 Å². The molecular weight excluding hydrogens is 370 g/mol. The minimum Gasteiger partial charge on any atom is -0.0801 e. The highest BCUT2D eigenvalue weighted by Crippen LogP contribution is 2.52. The molecule has 0 unspecified atom stereocenters. The maximum atomic E-state index is 5.40. The molecule has 0 aromatic rings. The molecule has 50 valence electrons. The summed E-state index contributed by atoms with van der Waals surface area (Å²) in [5.74, 6) is 0. The number of rotatable bonds is 0. The first-order chi connectivity index (χ1) is 3.25. The van der Waals surface area contributed by atoms with E-state index in [1.807, 2.05) is 0 Å². The monoisotopic (exact) mass is 366 g/mol. The molecule has 0 amide bonds. The van der Waals surface area contributed by atoms with Crippen LogP contribution in [-0.4, -0.2) is 5.94 Å². The lowest BCUT2D eigenvalue weighted by atomic mass is 10.9. The molecule has 0 nitrogen and oxygen atoms in total. The van der Waals surface area contributed by atoms with Crippen molar-refractivity contribution in [3.8, 4) is 0 Å². The molecule has 0 fully saturated rings. The van der Waals surface area contributed by atoms with Crippen LogP contribution in [0.1, 0.15) is 0 Å². The minimum absolute atomic E-state index is 0.829. The summed E-state index contributed by atoms with van der Waals surface area (Å²) < 4.78 is -2.22. The number of alkyl halides is 6. The maximum Gasteiger partial charge on any atom is 0.225 e. The van der Waals surface area contributed by atoms with Gasteiger partial charge < -0.3 is 0 Å². The summed E-state index contributed by atoms with van der Waals surface area (Å²) in [5, 5.41) is 0. The molecule has 0 heterocycles. The summed E-state index contributed by atoms with van der Waals surface area (Å²) >= 11 is 25.3. The molecule has 0 atom stereocenters. The van der Waals surface area contributed by atoms with E-state index in [9.17, 15) is 0 Å². The van der Waals surface area contributed by atoms with E-state index in [1.54, 1.807) is 0 Å². The summed E-state index contributed by atoms with van der Waals surface area (Å²) in [5.41, 5.74) is 0. The van der Waals surface area contributed by atoms with Crippen LogP contribution in [0.3, 0.4) is 0 Å². The van der Waals surface area contributed by atoms with Crippen molar-refractivity contribution in [3.63, 3.8) is 0 Å². The van der Waals surface area contributed by atoms with E-state index in [-0.39, 0.29) is 0 Å². The van der Waals surface area contributed by atoms with Crippen molar-refractivity contribution in [2.24, 2.45) is 0 Å². The van der Waals surface area contributed by atoms with E-state index in [0.29, 0.717) is 0 Å². The van der Waals surface area contributed by atoms with Gasteiger partial charge in [-0.1, -0.05) is 82.6 Å². The Morgan fingerprint density at radius 2 is 1.00 bits per heavy atom. The molecular formula is C2Br3Cl3. The quantitative estimate of drug-likeness (QED) is 0.561. The van der Waals surface area contributed by atoms with Gasteiger partial charge in [-0.05, 0) is 0 Å². The molecule has 0 N–H and O–H groups in total. The van der Waals surface area contributed by atoms with Gasteiger partial charge in [-0.25, -0.2) is 0 Å². The topological polar surface area (TPSA) is 0 Å². The van der Waals surface area contributed by atoms with Crippen LogP contribution in [0.15, 0.2) is 0 Å². The lowest BCUT2D eigenvalue weighted by Gasteiger charge is -2.20. The van der Waals surface area contributed by atoms with E-state index >= 15 is 0 Å². The molecule has 0 rings (SSSR count). The van der Waals surface area contributed by atoms with Crippen molar-refractivity contribution in [1.29, 1.82) is 0 Å². The first-order valence-electron chi connectivity index (χ1n) is 1.38. The molecule has 0 aliphatic rings. The Labute approximate surface area is 87.6 Å². The van der Waals surface area contributed by atoms with Crippen molar-refractivity contribution in [2.45, 2.75) is 5.94 Å². The lowest BCUT2D eigenvalue weighted by Crippen LogP contribution is -2.21. The van der Waals surface area contributed by atoms with Gasteiger partial charge in [0.05, 0.1) is 0 Å². The van der Waals surface area contributed by atoms with E-state index < -0.39 is 5.94 Å². The van der Waals surface area contributed by atoms with E-state index in [0.717, 1.165) is 0 Å². The van der Waals surface area contributed by atoms with Crippen LogP contribution in [0.5, 0.6) is 0 Å². The van der Waals surface area contributed by atoms with Crippen molar-refractivity contribution in [2.75, 3.05) is 0 Å². The Bertz CT molecular complexity index is 67.5. The van der Waals surface area contributed by atoms with Crippen LogP contribution in [0.2, 0.25) is 0 Å². The predicted molar refractivity (Wildman–Crippen MR) is 49.8 cm³/mol. The Morgan fingerprint density at radius 1 is 0.875 bits per heavy atom. The average Bonchev–Trinajstić information content (AvgIpc) is 1.25. The van der Waals surface area contributed by atoms with Gasteiger partial charge in [-0.15, -0.1) is 0 Å². The molecule has 0 spiro atoms. The van der Waals surface area contributed by atoms with Crippen LogP contribution >= 0.6 is 82.6 Å². The normalized spacial score (nSPS) is 14.2. The van der Waals surface area contributed by atoms with Crippen molar-refractivity contribution in [3.05, 3.63) is 0 Å². The van der Waals surface area contributed by atoms with Gasteiger partial charge in [-0.3, -0.25) is 0 Å². The standard InChI is InChI=1S/C2Br3Cl3/c3-1(4,5)2(6,7)8. The van der Waals surface area contributed by atoms with Crippen molar-refractivity contribution >= 4 is 82.6 Å². The third kappa shape index (κ3) is 3.47. The molecule has 8 heavy (non-hydrogen) atoms. The first kappa shape index (κ1) is 10.3. The molecule has 0 radical (unpaired) electrons. The van der Waals surface area contributed by atoms with Crippen LogP contribution in [0, 0.1) is 0 Å². The fraction of sp³-hybridized carbons (Fsp3) is 1.00. The second kappa shape index (κ2) is 3.14. The van der Waals surface area contributed by atoms with E-state index in [4.69, 9.17) is 34.8 Å². The van der Waals surface area contributed by atoms with Crippen molar-refractivity contribution in [1.82, 2.24) is 0 Å². The van der Waals surface area contributed by atoms with Crippen LogP contribution in [0.25, 0.3) is 0 Å². The molecule has 0 bridgehead atoms. The average molecular weight is 370 g/mol. The smallest absolute Gasteiger partial charge is 0.0801 e. The highest BCUT2D eigenvalue weighted by molar-refractivity contribution is 9.39. The Morgan fingerprint density at radius 3 is 1.00 bits per heavy atom. The summed E-state index contributed by atoms with van der Waals surface area (Å²) in [4.78, 5) is 0. The minimum atomic E-state index is -1.40. The van der Waals surface area contributed by atoms with Gasteiger partial charge in [0.25, 0.3) is 0 Å². The first-order valence-corrected chi connectivity index (χ1v) is 4.90. The fourth-order valence-corrected chi connectivity index (χ4v) is 0. The van der Waals surface area contributed by atoms with Crippen LogP contribution < -0.4 is 0 Å².